The molecule has 164 valence electrons. The van der Waals surface area contributed by atoms with Crippen molar-refractivity contribution >= 4 is 30.3 Å². The number of carbonyl (C=O) groups excluding carboxylic acids is 3. The van der Waals surface area contributed by atoms with Crippen LogP contribution < -0.4 is 0 Å². The van der Waals surface area contributed by atoms with Crippen LogP contribution in [0.25, 0.3) is 0 Å². The Morgan fingerprint density at radius 2 is 1.47 bits per heavy atom. The number of rotatable bonds is 11. The molecule has 0 atom stereocenters. The molecule has 0 spiro atoms. The molecule has 0 radical (unpaired) electrons. The van der Waals surface area contributed by atoms with Crippen LogP contribution in [0.3, 0.4) is 0 Å². The maximum atomic E-state index is 13.4. The lowest BCUT2D eigenvalue weighted by atomic mass is 9.76. The Balaban J connectivity index is 0.00000450. The molecular weight excluding hydrogens is 402 g/mol. The van der Waals surface area contributed by atoms with Crippen molar-refractivity contribution in [1.29, 1.82) is 0 Å². The van der Waals surface area contributed by atoms with E-state index in [1.54, 1.807) is 12.2 Å². The first kappa shape index (κ1) is 25.6. The van der Waals surface area contributed by atoms with Crippen LogP contribution in [0.1, 0.15) is 32.3 Å². The fourth-order valence-electron chi connectivity index (χ4n) is 3.74. The standard InChI is InChI=1S/C23H31N3O3.ClH/c1-5-14-23(15-6-2)20(27)25(17-16-24(7-3)8-4)22(29)26(21(23)28)18-19-12-10-9-11-13-19;/h5-6,9-13H,1-2,7-8,14-18H2,3-4H3;1H. The predicted molar refractivity (Wildman–Crippen MR) is 121 cm³/mol. The molecular formula is C23H32ClN3O3. The summed E-state index contributed by atoms with van der Waals surface area (Å²) < 4.78 is 0. The molecule has 7 heteroatoms. The first-order chi connectivity index (χ1) is 13.9. The van der Waals surface area contributed by atoms with E-state index in [-0.39, 0.29) is 38.3 Å². The van der Waals surface area contributed by atoms with Gasteiger partial charge in [0.05, 0.1) is 6.54 Å². The van der Waals surface area contributed by atoms with E-state index < -0.39 is 23.3 Å². The zero-order chi connectivity index (χ0) is 21.4. The number of nitrogens with zero attached hydrogens (tertiary/aromatic N) is 3. The van der Waals surface area contributed by atoms with Gasteiger partial charge in [-0.05, 0) is 31.5 Å². The minimum atomic E-state index is -1.37. The number of amides is 4. The molecule has 6 nitrogen and oxygen atoms in total. The molecule has 0 aromatic heterocycles. The van der Waals surface area contributed by atoms with Crippen LogP contribution in [0.5, 0.6) is 0 Å². The Morgan fingerprint density at radius 3 is 1.97 bits per heavy atom. The number of urea groups is 1. The fraction of sp³-hybridized carbons (Fsp3) is 0.435. The normalized spacial score (nSPS) is 15.9. The second kappa shape index (κ2) is 11.7. The van der Waals surface area contributed by atoms with Crippen LogP contribution in [-0.2, 0) is 16.1 Å². The van der Waals surface area contributed by atoms with Gasteiger partial charge < -0.3 is 4.90 Å². The van der Waals surface area contributed by atoms with E-state index in [0.29, 0.717) is 6.54 Å². The SMILES string of the molecule is C=CCC1(CC=C)C(=O)N(CCN(CC)CC)C(=O)N(Cc2ccccc2)C1=O.Cl. The Morgan fingerprint density at radius 1 is 0.933 bits per heavy atom. The first-order valence-electron chi connectivity index (χ1n) is 10.1. The smallest absolute Gasteiger partial charge is 0.302 e. The van der Waals surface area contributed by atoms with Crippen molar-refractivity contribution in [1.82, 2.24) is 14.7 Å². The summed E-state index contributed by atoms with van der Waals surface area (Å²) in [7, 11) is 0. The Bertz CT molecular complexity index is 752. The highest BCUT2D eigenvalue weighted by Gasteiger charge is 2.55. The number of allylic oxidation sites excluding steroid dienone is 2. The maximum Gasteiger partial charge on any atom is 0.333 e. The van der Waals surface area contributed by atoms with Gasteiger partial charge in [0.1, 0.15) is 5.41 Å². The highest BCUT2D eigenvalue weighted by Crippen LogP contribution is 2.37. The molecule has 0 bridgehead atoms. The van der Waals surface area contributed by atoms with Gasteiger partial charge in [0.2, 0.25) is 11.8 Å². The average molecular weight is 434 g/mol. The zero-order valence-electron chi connectivity index (χ0n) is 17.9. The molecule has 1 fully saturated rings. The van der Waals surface area contributed by atoms with Crippen molar-refractivity contribution in [2.24, 2.45) is 5.41 Å². The summed E-state index contributed by atoms with van der Waals surface area (Å²) in [6.45, 7) is 14.1. The maximum absolute atomic E-state index is 13.4. The van der Waals surface area contributed by atoms with Gasteiger partial charge in [0, 0.05) is 13.1 Å². The second-order valence-electron chi connectivity index (χ2n) is 7.21. The van der Waals surface area contributed by atoms with Crippen molar-refractivity contribution < 1.29 is 14.4 Å². The monoisotopic (exact) mass is 433 g/mol. The van der Waals surface area contributed by atoms with E-state index in [1.807, 2.05) is 44.2 Å². The summed E-state index contributed by atoms with van der Waals surface area (Å²) in [5.41, 5.74) is -0.534. The van der Waals surface area contributed by atoms with Gasteiger partial charge in [-0.15, -0.1) is 25.6 Å². The van der Waals surface area contributed by atoms with E-state index in [0.717, 1.165) is 18.7 Å². The third-order valence-electron chi connectivity index (χ3n) is 5.47. The first-order valence-corrected chi connectivity index (χ1v) is 10.1. The van der Waals surface area contributed by atoms with Crippen LogP contribution in [-0.4, -0.2) is 58.7 Å². The summed E-state index contributed by atoms with van der Waals surface area (Å²) in [5.74, 6) is -0.931. The Hall–Kier alpha value is -2.44. The average Bonchev–Trinajstić information content (AvgIpc) is 2.73. The Labute approximate surface area is 185 Å². The lowest BCUT2D eigenvalue weighted by molar-refractivity contribution is -0.159. The number of halogens is 1. The van der Waals surface area contributed by atoms with E-state index in [1.165, 1.54) is 9.80 Å². The van der Waals surface area contributed by atoms with Crippen LogP contribution in [0.4, 0.5) is 4.79 Å². The third-order valence-corrected chi connectivity index (χ3v) is 5.47. The fourth-order valence-corrected chi connectivity index (χ4v) is 3.74. The predicted octanol–water partition coefficient (Wildman–Crippen LogP) is 3.88. The zero-order valence-corrected chi connectivity index (χ0v) is 18.7. The Kier molecular flexibility index (Phi) is 9.96. The van der Waals surface area contributed by atoms with E-state index in [9.17, 15) is 14.4 Å². The van der Waals surface area contributed by atoms with Gasteiger partial charge in [-0.25, -0.2) is 4.79 Å². The number of carbonyl (C=O) groups is 3. The molecule has 4 amide bonds. The number of hydrogen-bond donors (Lipinski definition) is 0. The minimum absolute atomic E-state index is 0. The number of barbiturate groups is 1. The lowest BCUT2D eigenvalue weighted by Crippen LogP contribution is -2.65. The molecule has 1 aromatic carbocycles. The van der Waals surface area contributed by atoms with Crippen LogP contribution in [0.15, 0.2) is 55.6 Å². The molecule has 1 aliphatic heterocycles. The molecule has 30 heavy (non-hydrogen) atoms. The molecule has 0 N–H and O–H groups in total. The van der Waals surface area contributed by atoms with Crippen molar-refractivity contribution in [3.63, 3.8) is 0 Å². The molecule has 1 aromatic rings. The number of likely N-dealkylation sites (N-methyl/N-ethyl adjacent to an activating group) is 1. The topological polar surface area (TPSA) is 60.9 Å². The number of hydrogen-bond acceptors (Lipinski definition) is 4. The molecule has 2 rings (SSSR count). The summed E-state index contributed by atoms with van der Waals surface area (Å²) in [4.78, 5) is 44.5. The summed E-state index contributed by atoms with van der Waals surface area (Å²) in [6.07, 6.45) is 3.46. The van der Waals surface area contributed by atoms with Gasteiger partial charge in [-0.3, -0.25) is 19.4 Å². The van der Waals surface area contributed by atoms with E-state index >= 15 is 0 Å². The molecule has 1 saturated heterocycles. The van der Waals surface area contributed by atoms with Crippen molar-refractivity contribution in [2.45, 2.75) is 33.2 Å². The quantitative estimate of drug-likeness (QED) is 0.392. The third kappa shape index (κ3) is 5.18. The minimum Gasteiger partial charge on any atom is -0.302 e. The van der Waals surface area contributed by atoms with Crippen LogP contribution in [0, 0.1) is 5.41 Å². The lowest BCUT2D eigenvalue weighted by Gasteiger charge is -2.44. The second-order valence-corrected chi connectivity index (χ2v) is 7.21. The molecule has 1 aliphatic rings. The van der Waals surface area contributed by atoms with Gasteiger partial charge in [0.25, 0.3) is 0 Å². The highest BCUT2D eigenvalue weighted by molar-refractivity contribution is 6.19. The number of imide groups is 2. The van der Waals surface area contributed by atoms with Gasteiger partial charge in [0.15, 0.2) is 0 Å². The molecule has 0 saturated carbocycles. The number of benzene rings is 1. The van der Waals surface area contributed by atoms with Gasteiger partial charge >= 0.3 is 6.03 Å². The van der Waals surface area contributed by atoms with E-state index in [2.05, 4.69) is 18.1 Å². The van der Waals surface area contributed by atoms with Crippen molar-refractivity contribution in [2.75, 3.05) is 26.2 Å². The summed E-state index contributed by atoms with van der Waals surface area (Å²) >= 11 is 0. The largest absolute Gasteiger partial charge is 0.333 e. The molecule has 0 unspecified atom stereocenters. The van der Waals surface area contributed by atoms with Crippen LogP contribution >= 0.6 is 12.4 Å². The summed E-state index contributed by atoms with van der Waals surface area (Å²) in [5, 5.41) is 0. The van der Waals surface area contributed by atoms with Crippen molar-refractivity contribution in [3.05, 3.63) is 61.2 Å². The highest BCUT2D eigenvalue weighted by atomic mass is 35.5. The molecule has 0 aliphatic carbocycles. The van der Waals surface area contributed by atoms with Gasteiger partial charge in [-0.2, -0.15) is 0 Å². The van der Waals surface area contributed by atoms with Gasteiger partial charge in [-0.1, -0.05) is 56.3 Å². The van der Waals surface area contributed by atoms with E-state index in [4.69, 9.17) is 0 Å². The van der Waals surface area contributed by atoms with Crippen molar-refractivity contribution in [3.8, 4) is 0 Å². The summed E-state index contributed by atoms with van der Waals surface area (Å²) in [6, 6.07) is 8.76. The molecule has 1 heterocycles. The van der Waals surface area contributed by atoms with Crippen LogP contribution in [0.2, 0.25) is 0 Å².